The van der Waals surface area contributed by atoms with Gasteiger partial charge in [0, 0.05) is 7.11 Å². The standard InChI is InChI=1S/C9H13ClN2O2/c1-13-9(5-3-2-4-6-9)7-11-12-8(10)14-7/h2-6H2,1H3. The number of methoxy groups -OCH3 is 1. The largest absolute Gasteiger partial charge is 0.409 e. The van der Waals surface area contributed by atoms with Crippen molar-refractivity contribution in [3.8, 4) is 0 Å². The molecule has 1 heterocycles. The Bertz CT molecular complexity index is 308. The molecule has 14 heavy (non-hydrogen) atoms. The van der Waals surface area contributed by atoms with Crippen LogP contribution in [0.25, 0.3) is 0 Å². The SMILES string of the molecule is COC1(c2nnc(Cl)o2)CCCCC1. The zero-order valence-electron chi connectivity index (χ0n) is 8.12. The molecule has 0 aromatic carbocycles. The number of rotatable bonds is 2. The Morgan fingerprint density at radius 1 is 1.29 bits per heavy atom. The predicted octanol–water partition coefficient (Wildman–Crippen LogP) is 2.53. The fourth-order valence-corrected chi connectivity index (χ4v) is 2.13. The first-order valence-corrected chi connectivity index (χ1v) is 5.19. The summed E-state index contributed by atoms with van der Waals surface area (Å²) in [6.45, 7) is 0. The Morgan fingerprint density at radius 3 is 2.50 bits per heavy atom. The summed E-state index contributed by atoms with van der Waals surface area (Å²) in [5.74, 6) is 0.518. The Labute approximate surface area is 87.6 Å². The molecule has 0 unspecified atom stereocenters. The topological polar surface area (TPSA) is 48.2 Å². The van der Waals surface area contributed by atoms with E-state index in [2.05, 4.69) is 10.2 Å². The van der Waals surface area contributed by atoms with Gasteiger partial charge in [0.25, 0.3) is 0 Å². The third-order valence-corrected chi connectivity index (χ3v) is 2.99. The second-order valence-electron chi connectivity index (χ2n) is 3.62. The van der Waals surface area contributed by atoms with Gasteiger partial charge in [0.1, 0.15) is 5.60 Å². The average Bonchev–Trinajstić information content (AvgIpc) is 2.66. The molecular formula is C9H13ClN2O2. The maximum atomic E-state index is 5.60. The summed E-state index contributed by atoms with van der Waals surface area (Å²) in [7, 11) is 1.68. The third-order valence-electron chi connectivity index (χ3n) is 2.84. The van der Waals surface area contributed by atoms with Crippen LogP contribution in [0.4, 0.5) is 0 Å². The highest BCUT2D eigenvalue weighted by molar-refractivity contribution is 6.27. The highest BCUT2D eigenvalue weighted by atomic mass is 35.5. The average molecular weight is 217 g/mol. The van der Waals surface area contributed by atoms with Crippen molar-refractivity contribution >= 4 is 11.6 Å². The lowest BCUT2D eigenvalue weighted by Crippen LogP contribution is -2.31. The molecule has 1 aromatic rings. The molecule has 1 aliphatic carbocycles. The number of halogens is 1. The van der Waals surface area contributed by atoms with Gasteiger partial charge in [-0.3, -0.25) is 0 Å². The molecule has 1 fully saturated rings. The molecule has 78 valence electrons. The van der Waals surface area contributed by atoms with Crippen LogP contribution in [0.2, 0.25) is 5.35 Å². The van der Waals surface area contributed by atoms with Crippen LogP contribution < -0.4 is 0 Å². The van der Waals surface area contributed by atoms with Gasteiger partial charge in [-0.25, -0.2) is 0 Å². The predicted molar refractivity (Wildman–Crippen MR) is 51.1 cm³/mol. The molecule has 0 radical (unpaired) electrons. The van der Waals surface area contributed by atoms with E-state index in [0.717, 1.165) is 25.7 Å². The summed E-state index contributed by atoms with van der Waals surface area (Å²) < 4.78 is 10.8. The molecule has 5 heteroatoms. The monoisotopic (exact) mass is 216 g/mol. The first-order valence-electron chi connectivity index (χ1n) is 4.81. The Morgan fingerprint density at radius 2 is 2.00 bits per heavy atom. The minimum absolute atomic E-state index is 0.0852. The molecule has 0 atom stereocenters. The first-order chi connectivity index (χ1) is 6.77. The van der Waals surface area contributed by atoms with Crippen molar-refractivity contribution in [1.82, 2.24) is 10.2 Å². The van der Waals surface area contributed by atoms with Crippen molar-refractivity contribution in [2.24, 2.45) is 0 Å². The number of hydrogen-bond acceptors (Lipinski definition) is 4. The molecule has 1 saturated carbocycles. The van der Waals surface area contributed by atoms with Crippen molar-refractivity contribution in [3.05, 3.63) is 11.2 Å². The lowest BCUT2D eigenvalue weighted by Gasteiger charge is -2.32. The van der Waals surface area contributed by atoms with Gasteiger partial charge in [0.2, 0.25) is 5.89 Å². The third kappa shape index (κ3) is 1.64. The summed E-state index contributed by atoms with van der Waals surface area (Å²) in [5, 5.41) is 7.65. The number of aromatic nitrogens is 2. The Hall–Kier alpha value is -0.610. The number of hydrogen-bond donors (Lipinski definition) is 0. The zero-order chi connectivity index (χ0) is 10.0. The highest BCUT2D eigenvalue weighted by Crippen LogP contribution is 2.39. The lowest BCUT2D eigenvalue weighted by atomic mass is 9.84. The van der Waals surface area contributed by atoms with Crippen LogP contribution in [0.5, 0.6) is 0 Å². The number of ether oxygens (including phenoxy) is 1. The molecule has 0 spiro atoms. The molecule has 0 saturated heterocycles. The van der Waals surface area contributed by atoms with Gasteiger partial charge < -0.3 is 9.15 Å². The summed E-state index contributed by atoms with van der Waals surface area (Å²) in [6, 6.07) is 0. The fraction of sp³-hybridized carbons (Fsp3) is 0.778. The van der Waals surface area contributed by atoms with Gasteiger partial charge in [-0.05, 0) is 24.4 Å². The van der Waals surface area contributed by atoms with Crippen LogP contribution in [0, 0.1) is 0 Å². The summed E-state index contributed by atoms with van der Waals surface area (Å²) in [4.78, 5) is 0. The van der Waals surface area contributed by atoms with Crippen LogP contribution in [-0.4, -0.2) is 17.3 Å². The van der Waals surface area contributed by atoms with Crippen molar-refractivity contribution in [1.29, 1.82) is 0 Å². The molecule has 0 amide bonds. The number of nitrogens with zero attached hydrogens (tertiary/aromatic N) is 2. The first kappa shape index (κ1) is 9.93. The smallest absolute Gasteiger partial charge is 0.312 e. The van der Waals surface area contributed by atoms with Crippen LogP contribution in [-0.2, 0) is 10.3 Å². The zero-order valence-corrected chi connectivity index (χ0v) is 8.88. The lowest BCUT2D eigenvalue weighted by molar-refractivity contribution is -0.0642. The Kier molecular flexibility index (Phi) is 2.74. The minimum Gasteiger partial charge on any atom is -0.409 e. The Balaban J connectivity index is 2.26. The molecule has 4 nitrogen and oxygen atoms in total. The van der Waals surface area contributed by atoms with Gasteiger partial charge in [0.15, 0.2) is 0 Å². The van der Waals surface area contributed by atoms with Crippen molar-refractivity contribution in [2.45, 2.75) is 37.7 Å². The van der Waals surface area contributed by atoms with Crippen LogP contribution in [0.1, 0.15) is 38.0 Å². The van der Waals surface area contributed by atoms with E-state index in [1.165, 1.54) is 6.42 Å². The summed E-state index contributed by atoms with van der Waals surface area (Å²) >= 11 is 5.60. The molecular weight excluding hydrogens is 204 g/mol. The maximum absolute atomic E-state index is 5.60. The second kappa shape index (κ2) is 3.87. The molecule has 2 rings (SSSR count). The van der Waals surface area contributed by atoms with E-state index >= 15 is 0 Å². The van der Waals surface area contributed by atoms with Gasteiger partial charge in [-0.15, -0.1) is 5.10 Å². The summed E-state index contributed by atoms with van der Waals surface area (Å²) in [5.41, 5.74) is -0.390. The molecule has 0 aliphatic heterocycles. The molecule has 0 N–H and O–H groups in total. The highest BCUT2D eigenvalue weighted by Gasteiger charge is 2.39. The second-order valence-corrected chi connectivity index (χ2v) is 3.94. The maximum Gasteiger partial charge on any atom is 0.312 e. The van der Waals surface area contributed by atoms with E-state index in [1.807, 2.05) is 0 Å². The van der Waals surface area contributed by atoms with Gasteiger partial charge in [0.05, 0.1) is 0 Å². The van der Waals surface area contributed by atoms with Crippen molar-refractivity contribution in [3.63, 3.8) is 0 Å². The molecule has 1 aromatic heterocycles. The van der Waals surface area contributed by atoms with E-state index < -0.39 is 5.60 Å². The normalized spacial score (nSPS) is 21.0. The van der Waals surface area contributed by atoms with E-state index in [0.29, 0.717) is 5.89 Å². The van der Waals surface area contributed by atoms with Gasteiger partial charge in [-0.1, -0.05) is 24.4 Å². The molecule has 0 bridgehead atoms. The van der Waals surface area contributed by atoms with E-state index in [-0.39, 0.29) is 5.35 Å². The molecule has 1 aliphatic rings. The van der Waals surface area contributed by atoms with Crippen LogP contribution >= 0.6 is 11.6 Å². The fourth-order valence-electron chi connectivity index (χ4n) is 2.02. The minimum atomic E-state index is -0.390. The summed E-state index contributed by atoms with van der Waals surface area (Å²) in [6.07, 6.45) is 5.37. The van der Waals surface area contributed by atoms with Gasteiger partial charge >= 0.3 is 5.35 Å². The van der Waals surface area contributed by atoms with Crippen LogP contribution in [0.15, 0.2) is 4.42 Å². The van der Waals surface area contributed by atoms with E-state index in [4.69, 9.17) is 20.8 Å². The van der Waals surface area contributed by atoms with Gasteiger partial charge in [-0.2, -0.15) is 0 Å². The van der Waals surface area contributed by atoms with E-state index in [9.17, 15) is 0 Å². The van der Waals surface area contributed by atoms with Crippen molar-refractivity contribution in [2.75, 3.05) is 7.11 Å². The van der Waals surface area contributed by atoms with E-state index in [1.54, 1.807) is 7.11 Å². The van der Waals surface area contributed by atoms with Crippen LogP contribution in [0.3, 0.4) is 0 Å². The quantitative estimate of drug-likeness (QED) is 0.762. The van der Waals surface area contributed by atoms with Crippen molar-refractivity contribution < 1.29 is 9.15 Å².